The lowest BCUT2D eigenvalue weighted by Crippen LogP contribution is -2.31. The first-order valence-electron chi connectivity index (χ1n) is 6.29. The van der Waals surface area contributed by atoms with Crippen molar-refractivity contribution in [2.45, 2.75) is 38.1 Å². The molecule has 2 atom stereocenters. The minimum absolute atomic E-state index is 0.0515. The van der Waals surface area contributed by atoms with E-state index >= 15 is 0 Å². The molecule has 0 aromatic heterocycles. The first-order chi connectivity index (χ1) is 8.76. The molecule has 0 rings (SSSR count). The van der Waals surface area contributed by atoms with Gasteiger partial charge in [-0.05, 0) is 44.6 Å². The van der Waals surface area contributed by atoms with Crippen molar-refractivity contribution in [2.24, 2.45) is 27.4 Å². The molecule has 4 N–H and O–H groups in total. The third-order valence-electron chi connectivity index (χ3n) is 2.93. The van der Waals surface area contributed by atoms with Crippen LogP contribution in [0.1, 0.15) is 32.1 Å². The smallest absolute Gasteiger partial charge is 0.234 e. The van der Waals surface area contributed by atoms with Crippen LogP contribution in [0.15, 0.2) is 9.98 Å². The molecule has 0 aromatic carbocycles. The van der Waals surface area contributed by atoms with Gasteiger partial charge in [0.05, 0.1) is 13.1 Å². The van der Waals surface area contributed by atoms with Crippen LogP contribution in [-0.4, -0.2) is 37.8 Å². The molecule has 2 unspecified atom stereocenters. The standard InChI is InChI=1S/C12H22N4O2/c13-6-1-4-12(14)11(5-8-16-10-18)3-2-7-15-9-17/h11-12H,1-8,13-14H2. The lowest BCUT2D eigenvalue weighted by Gasteiger charge is -2.22. The molecule has 0 aromatic rings. The predicted molar refractivity (Wildman–Crippen MR) is 69.6 cm³/mol. The van der Waals surface area contributed by atoms with Crippen molar-refractivity contribution >= 4 is 12.2 Å². The molecule has 102 valence electrons. The van der Waals surface area contributed by atoms with E-state index in [4.69, 9.17) is 11.5 Å². The number of hydrogen-bond donors (Lipinski definition) is 2. The first kappa shape index (κ1) is 16.7. The summed E-state index contributed by atoms with van der Waals surface area (Å²) in [5.74, 6) is 0.274. The summed E-state index contributed by atoms with van der Waals surface area (Å²) >= 11 is 0. The summed E-state index contributed by atoms with van der Waals surface area (Å²) in [7, 11) is 0. The summed E-state index contributed by atoms with van der Waals surface area (Å²) in [6.45, 7) is 1.55. The maximum absolute atomic E-state index is 10.0. The average Bonchev–Trinajstić information content (AvgIpc) is 2.39. The summed E-state index contributed by atoms with van der Waals surface area (Å²) in [6, 6.07) is 0.0515. The van der Waals surface area contributed by atoms with Crippen molar-refractivity contribution in [3.8, 4) is 0 Å². The van der Waals surface area contributed by atoms with Crippen molar-refractivity contribution in [3.05, 3.63) is 0 Å². The van der Waals surface area contributed by atoms with E-state index in [-0.39, 0.29) is 12.0 Å². The minimum Gasteiger partial charge on any atom is -0.330 e. The number of aliphatic imine (C=N–C) groups is 2. The SMILES string of the molecule is NCCCC(N)C(CCCN=C=O)CCN=C=O. The van der Waals surface area contributed by atoms with Gasteiger partial charge in [0.2, 0.25) is 12.2 Å². The zero-order chi connectivity index (χ0) is 13.6. The fraction of sp³-hybridized carbons (Fsp3) is 0.833. The highest BCUT2D eigenvalue weighted by molar-refractivity contribution is 5.32. The fourth-order valence-electron chi connectivity index (χ4n) is 1.92. The molecule has 0 bridgehead atoms. The highest BCUT2D eigenvalue weighted by Crippen LogP contribution is 2.18. The summed E-state index contributed by atoms with van der Waals surface area (Å²) in [5.41, 5.74) is 11.6. The van der Waals surface area contributed by atoms with Gasteiger partial charge in [0.15, 0.2) is 0 Å². The van der Waals surface area contributed by atoms with E-state index in [1.54, 1.807) is 0 Å². The van der Waals surface area contributed by atoms with E-state index < -0.39 is 0 Å². The molecule has 0 saturated heterocycles. The predicted octanol–water partition coefficient (Wildman–Crippen LogP) is 0.511. The Bertz CT molecular complexity index is 296. The first-order valence-corrected chi connectivity index (χ1v) is 6.29. The molecule has 0 amide bonds. The molecule has 0 aliphatic carbocycles. The van der Waals surface area contributed by atoms with Crippen LogP contribution in [0.25, 0.3) is 0 Å². The Hall–Kier alpha value is -1.32. The normalized spacial score (nSPS) is 13.2. The van der Waals surface area contributed by atoms with E-state index in [0.717, 1.165) is 32.1 Å². The van der Waals surface area contributed by atoms with Gasteiger partial charge in [0.1, 0.15) is 0 Å². The molecule has 0 radical (unpaired) electrons. The summed E-state index contributed by atoms with van der Waals surface area (Å²) in [5, 5.41) is 0. The quantitative estimate of drug-likeness (QED) is 0.318. The number of rotatable bonds is 11. The molecule has 0 fully saturated rings. The maximum atomic E-state index is 10.0. The van der Waals surface area contributed by atoms with Crippen molar-refractivity contribution in [3.63, 3.8) is 0 Å². The highest BCUT2D eigenvalue weighted by atomic mass is 16.1. The van der Waals surface area contributed by atoms with Crippen LogP contribution in [0.5, 0.6) is 0 Å². The van der Waals surface area contributed by atoms with Gasteiger partial charge in [-0.2, -0.15) is 0 Å². The zero-order valence-corrected chi connectivity index (χ0v) is 10.7. The number of hydrogen-bond acceptors (Lipinski definition) is 6. The summed E-state index contributed by atoms with van der Waals surface area (Å²) < 4.78 is 0. The van der Waals surface area contributed by atoms with Crippen LogP contribution in [0.4, 0.5) is 0 Å². The van der Waals surface area contributed by atoms with Crippen molar-refractivity contribution < 1.29 is 9.59 Å². The van der Waals surface area contributed by atoms with E-state index in [1.807, 2.05) is 0 Å². The van der Waals surface area contributed by atoms with Gasteiger partial charge in [-0.15, -0.1) is 0 Å². The van der Waals surface area contributed by atoms with Gasteiger partial charge in [-0.3, -0.25) is 0 Å². The van der Waals surface area contributed by atoms with Gasteiger partial charge in [-0.1, -0.05) is 0 Å². The van der Waals surface area contributed by atoms with Crippen LogP contribution < -0.4 is 11.5 Å². The Balaban J connectivity index is 4.12. The molecular formula is C12H22N4O2. The van der Waals surface area contributed by atoms with E-state index in [9.17, 15) is 9.59 Å². The number of isocyanates is 2. The number of nitrogens with zero attached hydrogens (tertiary/aromatic N) is 2. The number of nitrogens with two attached hydrogens (primary N) is 2. The molecule has 0 heterocycles. The fourth-order valence-corrected chi connectivity index (χ4v) is 1.92. The van der Waals surface area contributed by atoms with Gasteiger partial charge in [0, 0.05) is 6.04 Å². The summed E-state index contributed by atoms with van der Waals surface area (Å²) in [4.78, 5) is 27.0. The van der Waals surface area contributed by atoms with Crippen LogP contribution in [-0.2, 0) is 9.59 Å². The molecule has 6 heteroatoms. The Kier molecular flexibility index (Phi) is 11.3. The van der Waals surface area contributed by atoms with Crippen LogP contribution >= 0.6 is 0 Å². The largest absolute Gasteiger partial charge is 0.330 e. The second kappa shape index (κ2) is 12.1. The Labute approximate surface area is 108 Å². The molecule has 0 aliphatic rings. The molecule has 0 saturated carbocycles. The van der Waals surface area contributed by atoms with Gasteiger partial charge in [-0.25, -0.2) is 19.6 Å². The third kappa shape index (κ3) is 8.79. The van der Waals surface area contributed by atoms with E-state index in [0.29, 0.717) is 19.6 Å². The van der Waals surface area contributed by atoms with Gasteiger partial charge < -0.3 is 11.5 Å². The Morgan fingerprint density at radius 1 is 0.944 bits per heavy atom. The monoisotopic (exact) mass is 254 g/mol. The second-order valence-electron chi connectivity index (χ2n) is 4.23. The van der Waals surface area contributed by atoms with Gasteiger partial charge >= 0.3 is 0 Å². The van der Waals surface area contributed by atoms with Crippen molar-refractivity contribution in [1.82, 2.24) is 0 Å². The Morgan fingerprint density at radius 2 is 1.61 bits per heavy atom. The third-order valence-corrected chi connectivity index (χ3v) is 2.93. The number of carbonyl (C=O) groups excluding carboxylic acids is 2. The lowest BCUT2D eigenvalue weighted by molar-refractivity contribution is 0.347. The zero-order valence-electron chi connectivity index (χ0n) is 10.7. The van der Waals surface area contributed by atoms with Gasteiger partial charge in [0.25, 0.3) is 0 Å². The molecular weight excluding hydrogens is 232 g/mol. The maximum Gasteiger partial charge on any atom is 0.234 e. The highest BCUT2D eigenvalue weighted by Gasteiger charge is 2.16. The lowest BCUT2D eigenvalue weighted by atomic mass is 9.89. The molecule has 0 spiro atoms. The topological polar surface area (TPSA) is 111 Å². The minimum atomic E-state index is 0.0515. The van der Waals surface area contributed by atoms with Crippen molar-refractivity contribution in [2.75, 3.05) is 19.6 Å². The molecule has 18 heavy (non-hydrogen) atoms. The Morgan fingerprint density at radius 3 is 2.22 bits per heavy atom. The van der Waals surface area contributed by atoms with Crippen LogP contribution in [0, 0.1) is 5.92 Å². The van der Waals surface area contributed by atoms with E-state index in [1.165, 1.54) is 12.2 Å². The van der Waals surface area contributed by atoms with E-state index in [2.05, 4.69) is 9.98 Å². The van der Waals surface area contributed by atoms with Crippen molar-refractivity contribution in [1.29, 1.82) is 0 Å². The molecule has 6 nitrogen and oxygen atoms in total. The second-order valence-corrected chi connectivity index (χ2v) is 4.23. The molecule has 0 aliphatic heterocycles. The van der Waals surface area contributed by atoms with Crippen LogP contribution in [0.2, 0.25) is 0 Å². The average molecular weight is 254 g/mol. The summed E-state index contributed by atoms with van der Waals surface area (Å²) in [6.07, 6.45) is 7.21. The van der Waals surface area contributed by atoms with Crippen LogP contribution in [0.3, 0.4) is 0 Å².